The first-order chi connectivity index (χ1) is 9.81. The van der Waals surface area contributed by atoms with E-state index in [0.29, 0.717) is 12.8 Å². The summed E-state index contributed by atoms with van der Waals surface area (Å²) < 4.78 is 10.6. The second kappa shape index (κ2) is 5.88. The number of rotatable bonds is 5. The third-order valence-electron chi connectivity index (χ3n) is 3.41. The quantitative estimate of drug-likeness (QED) is 0.781. The van der Waals surface area contributed by atoms with Gasteiger partial charge in [-0.3, -0.25) is 9.59 Å². The molecule has 1 saturated carbocycles. The average molecular weight is 290 g/mol. The number of hydrogen-bond donors (Lipinski definition) is 0. The molecule has 0 unspecified atom stereocenters. The topological polar surface area (TPSA) is 52.6 Å². The van der Waals surface area contributed by atoms with Crippen LogP contribution in [0.15, 0.2) is 30.3 Å². The summed E-state index contributed by atoms with van der Waals surface area (Å²) in [5, 5.41) is 0. The number of ether oxygens (including phenoxy) is 2. The van der Waals surface area contributed by atoms with Crippen LogP contribution in [0.1, 0.15) is 45.6 Å². The summed E-state index contributed by atoms with van der Waals surface area (Å²) in [6.45, 7) is 5.72. The molecule has 0 radical (unpaired) electrons. The van der Waals surface area contributed by atoms with Gasteiger partial charge in [-0.1, -0.05) is 30.3 Å². The molecule has 4 heteroatoms. The fraction of sp³-hybridized carbons (Fsp3) is 0.529. The van der Waals surface area contributed by atoms with E-state index in [2.05, 4.69) is 0 Å². The first-order valence-electron chi connectivity index (χ1n) is 7.24. The molecule has 4 nitrogen and oxygen atoms in total. The van der Waals surface area contributed by atoms with Gasteiger partial charge >= 0.3 is 11.9 Å². The maximum Gasteiger partial charge on any atom is 0.313 e. The number of benzene rings is 1. The summed E-state index contributed by atoms with van der Waals surface area (Å²) in [6.07, 6.45) is 1.50. The number of carbonyl (C=O) groups is 2. The van der Waals surface area contributed by atoms with E-state index < -0.39 is 11.0 Å². The monoisotopic (exact) mass is 290 g/mol. The Kier molecular flexibility index (Phi) is 4.35. The summed E-state index contributed by atoms with van der Waals surface area (Å²) in [4.78, 5) is 24.0. The van der Waals surface area contributed by atoms with Gasteiger partial charge in [0.2, 0.25) is 0 Å². The predicted molar refractivity (Wildman–Crippen MR) is 78.4 cm³/mol. The van der Waals surface area contributed by atoms with E-state index in [1.54, 1.807) is 0 Å². The number of hydrogen-bond acceptors (Lipinski definition) is 4. The molecule has 1 aliphatic carbocycles. The predicted octanol–water partition coefficient (Wildman–Crippen LogP) is 3.24. The Morgan fingerprint density at radius 1 is 1.14 bits per heavy atom. The van der Waals surface area contributed by atoms with Crippen LogP contribution >= 0.6 is 0 Å². The molecule has 0 bridgehead atoms. The Balaban J connectivity index is 1.83. The van der Waals surface area contributed by atoms with Gasteiger partial charge in [0.25, 0.3) is 0 Å². The highest BCUT2D eigenvalue weighted by atomic mass is 16.6. The maximum atomic E-state index is 12.1. The molecule has 0 aliphatic heterocycles. The van der Waals surface area contributed by atoms with Crippen molar-refractivity contribution >= 4 is 11.9 Å². The van der Waals surface area contributed by atoms with Gasteiger partial charge in [0, 0.05) is 0 Å². The zero-order chi connectivity index (χ0) is 15.5. The lowest BCUT2D eigenvalue weighted by atomic mass is 10.0. The SMILES string of the molecule is CC(C)(C)OC(=O)C1(CC(=O)OCc2ccccc2)CC1. The summed E-state index contributed by atoms with van der Waals surface area (Å²) in [7, 11) is 0. The highest BCUT2D eigenvalue weighted by Crippen LogP contribution is 2.50. The second-order valence-corrected chi connectivity index (χ2v) is 6.61. The molecule has 114 valence electrons. The molecule has 0 N–H and O–H groups in total. The molecule has 0 spiro atoms. The van der Waals surface area contributed by atoms with Crippen LogP contribution in [-0.4, -0.2) is 17.5 Å². The van der Waals surface area contributed by atoms with E-state index in [-0.39, 0.29) is 25.0 Å². The first kappa shape index (κ1) is 15.5. The molecule has 21 heavy (non-hydrogen) atoms. The largest absolute Gasteiger partial charge is 0.461 e. The van der Waals surface area contributed by atoms with Crippen molar-refractivity contribution in [3.63, 3.8) is 0 Å². The van der Waals surface area contributed by atoms with Crippen LogP contribution in [-0.2, 0) is 25.7 Å². The molecule has 1 aliphatic rings. The van der Waals surface area contributed by atoms with E-state index >= 15 is 0 Å². The van der Waals surface area contributed by atoms with Gasteiger partial charge in [0.05, 0.1) is 11.8 Å². The smallest absolute Gasteiger partial charge is 0.313 e. The summed E-state index contributed by atoms with van der Waals surface area (Å²) >= 11 is 0. The number of esters is 2. The van der Waals surface area contributed by atoms with Crippen LogP contribution < -0.4 is 0 Å². The van der Waals surface area contributed by atoms with Gasteiger partial charge < -0.3 is 9.47 Å². The van der Waals surface area contributed by atoms with Crippen molar-refractivity contribution in [1.82, 2.24) is 0 Å². The van der Waals surface area contributed by atoms with Crippen LogP contribution in [0.5, 0.6) is 0 Å². The van der Waals surface area contributed by atoms with Crippen LogP contribution in [0, 0.1) is 5.41 Å². The van der Waals surface area contributed by atoms with Gasteiger partial charge in [-0.2, -0.15) is 0 Å². The minimum atomic E-state index is -0.652. The molecular weight excluding hydrogens is 268 g/mol. The molecule has 0 saturated heterocycles. The standard InChI is InChI=1S/C17H22O4/c1-16(2,3)21-15(19)17(9-10-17)11-14(18)20-12-13-7-5-4-6-8-13/h4-8H,9-12H2,1-3H3. The Labute approximate surface area is 125 Å². The summed E-state index contributed by atoms with van der Waals surface area (Å²) in [5.74, 6) is -0.631. The third-order valence-corrected chi connectivity index (χ3v) is 3.41. The second-order valence-electron chi connectivity index (χ2n) is 6.61. The van der Waals surface area contributed by atoms with Crippen molar-refractivity contribution in [2.24, 2.45) is 5.41 Å². The number of carbonyl (C=O) groups excluding carboxylic acids is 2. The zero-order valence-electron chi connectivity index (χ0n) is 12.8. The van der Waals surface area contributed by atoms with E-state index in [1.807, 2.05) is 51.1 Å². The zero-order valence-corrected chi connectivity index (χ0v) is 12.8. The Bertz CT molecular complexity index is 509. The van der Waals surface area contributed by atoms with Crippen LogP contribution in [0.3, 0.4) is 0 Å². The molecule has 0 atom stereocenters. The lowest BCUT2D eigenvalue weighted by molar-refractivity contribution is -0.166. The van der Waals surface area contributed by atoms with Gasteiger partial charge in [-0.15, -0.1) is 0 Å². The molecule has 0 amide bonds. The fourth-order valence-electron chi connectivity index (χ4n) is 2.06. The van der Waals surface area contributed by atoms with Crippen molar-refractivity contribution in [3.8, 4) is 0 Å². The molecule has 0 heterocycles. The Morgan fingerprint density at radius 3 is 2.29 bits per heavy atom. The summed E-state index contributed by atoms with van der Waals surface area (Å²) in [6, 6.07) is 9.49. The molecule has 1 aromatic rings. The van der Waals surface area contributed by atoms with Crippen LogP contribution in [0.2, 0.25) is 0 Å². The highest BCUT2D eigenvalue weighted by molar-refractivity contribution is 5.86. The fourth-order valence-corrected chi connectivity index (χ4v) is 2.06. The summed E-state index contributed by atoms with van der Waals surface area (Å²) in [5.41, 5.74) is -0.241. The van der Waals surface area contributed by atoms with Crippen molar-refractivity contribution in [2.45, 2.75) is 52.2 Å². The minimum absolute atomic E-state index is 0.106. The lowest BCUT2D eigenvalue weighted by Gasteiger charge is -2.23. The van der Waals surface area contributed by atoms with E-state index in [1.165, 1.54) is 0 Å². The molecule has 2 rings (SSSR count). The first-order valence-corrected chi connectivity index (χ1v) is 7.24. The van der Waals surface area contributed by atoms with Gasteiger partial charge in [-0.05, 0) is 39.2 Å². The maximum absolute atomic E-state index is 12.1. The molecule has 1 aromatic carbocycles. The van der Waals surface area contributed by atoms with Gasteiger partial charge in [0.1, 0.15) is 12.2 Å². The van der Waals surface area contributed by atoms with Crippen molar-refractivity contribution < 1.29 is 19.1 Å². The van der Waals surface area contributed by atoms with Crippen molar-refractivity contribution in [2.75, 3.05) is 0 Å². The van der Waals surface area contributed by atoms with Crippen LogP contribution in [0.25, 0.3) is 0 Å². The van der Waals surface area contributed by atoms with Crippen molar-refractivity contribution in [3.05, 3.63) is 35.9 Å². The molecule has 0 aromatic heterocycles. The lowest BCUT2D eigenvalue weighted by Crippen LogP contribution is -2.31. The van der Waals surface area contributed by atoms with E-state index in [4.69, 9.17) is 9.47 Å². The highest BCUT2D eigenvalue weighted by Gasteiger charge is 2.53. The van der Waals surface area contributed by atoms with E-state index in [9.17, 15) is 9.59 Å². The Morgan fingerprint density at radius 2 is 1.76 bits per heavy atom. The molecular formula is C17H22O4. The average Bonchev–Trinajstić information content (AvgIpc) is 3.17. The Hall–Kier alpha value is -1.84. The van der Waals surface area contributed by atoms with Crippen molar-refractivity contribution in [1.29, 1.82) is 0 Å². The van der Waals surface area contributed by atoms with Gasteiger partial charge in [0.15, 0.2) is 0 Å². The normalized spacial score (nSPS) is 16.1. The molecule has 1 fully saturated rings. The van der Waals surface area contributed by atoms with E-state index in [0.717, 1.165) is 5.56 Å². The van der Waals surface area contributed by atoms with Crippen LogP contribution in [0.4, 0.5) is 0 Å². The minimum Gasteiger partial charge on any atom is -0.461 e. The van der Waals surface area contributed by atoms with Gasteiger partial charge in [-0.25, -0.2) is 0 Å². The third kappa shape index (κ3) is 4.59.